The highest BCUT2D eigenvalue weighted by atomic mass is 79.9. The van der Waals surface area contributed by atoms with E-state index in [0.717, 1.165) is 20.3 Å². The van der Waals surface area contributed by atoms with E-state index in [-0.39, 0.29) is 6.04 Å². The SMILES string of the molecule is CNC(c1ccco1)c1cc(Br)ccc1Br. The van der Waals surface area contributed by atoms with E-state index >= 15 is 0 Å². The molecule has 0 amide bonds. The molecule has 4 heteroatoms. The van der Waals surface area contributed by atoms with Crippen LogP contribution in [0.4, 0.5) is 0 Å². The Morgan fingerprint density at radius 1 is 1.25 bits per heavy atom. The Labute approximate surface area is 111 Å². The summed E-state index contributed by atoms with van der Waals surface area (Å²) in [5.41, 5.74) is 1.15. The van der Waals surface area contributed by atoms with Crippen LogP contribution in [0.5, 0.6) is 0 Å². The molecule has 0 aliphatic carbocycles. The summed E-state index contributed by atoms with van der Waals surface area (Å²) in [4.78, 5) is 0. The van der Waals surface area contributed by atoms with E-state index in [1.54, 1.807) is 6.26 Å². The van der Waals surface area contributed by atoms with Gasteiger partial charge in [0.1, 0.15) is 5.76 Å². The lowest BCUT2D eigenvalue weighted by Gasteiger charge is -2.16. The minimum atomic E-state index is 0.0573. The second-order valence-electron chi connectivity index (χ2n) is 3.40. The van der Waals surface area contributed by atoms with E-state index in [0.29, 0.717) is 0 Å². The number of furan rings is 1. The third-order valence-electron chi connectivity index (χ3n) is 2.39. The topological polar surface area (TPSA) is 25.2 Å². The van der Waals surface area contributed by atoms with Crippen molar-refractivity contribution >= 4 is 31.9 Å². The number of rotatable bonds is 3. The van der Waals surface area contributed by atoms with Crippen molar-refractivity contribution in [3.05, 3.63) is 56.9 Å². The maximum Gasteiger partial charge on any atom is 0.125 e. The first kappa shape index (κ1) is 11.9. The Morgan fingerprint density at radius 2 is 2.06 bits per heavy atom. The van der Waals surface area contributed by atoms with Gasteiger partial charge in [0.25, 0.3) is 0 Å². The van der Waals surface area contributed by atoms with Gasteiger partial charge < -0.3 is 9.73 Å². The van der Waals surface area contributed by atoms with Crippen LogP contribution in [0.3, 0.4) is 0 Å². The number of nitrogens with one attached hydrogen (secondary N) is 1. The van der Waals surface area contributed by atoms with Crippen LogP contribution < -0.4 is 5.32 Å². The summed E-state index contributed by atoms with van der Waals surface area (Å²) < 4.78 is 7.55. The van der Waals surface area contributed by atoms with Gasteiger partial charge >= 0.3 is 0 Å². The fraction of sp³-hybridized carbons (Fsp3) is 0.167. The number of hydrogen-bond acceptors (Lipinski definition) is 2. The van der Waals surface area contributed by atoms with Crippen molar-refractivity contribution in [1.29, 1.82) is 0 Å². The average molecular weight is 345 g/mol. The minimum absolute atomic E-state index is 0.0573. The molecule has 0 aliphatic heterocycles. The van der Waals surface area contributed by atoms with Gasteiger partial charge in [-0.3, -0.25) is 0 Å². The quantitative estimate of drug-likeness (QED) is 0.906. The van der Waals surface area contributed by atoms with Gasteiger partial charge in [-0.25, -0.2) is 0 Å². The molecule has 2 rings (SSSR count). The van der Waals surface area contributed by atoms with Crippen molar-refractivity contribution in [3.63, 3.8) is 0 Å². The van der Waals surface area contributed by atoms with Gasteiger partial charge in [-0.05, 0) is 42.9 Å². The average Bonchev–Trinajstić information content (AvgIpc) is 2.78. The molecule has 0 spiro atoms. The van der Waals surface area contributed by atoms with Crippen molar-refractivity contribution in [2.45, 2.75) is 6.04 Å². The Balaban J connectivity index is 2.44. The Morgan fingerprint density at radius 3 is 2.69 bits per heavy atom. The van der Waals surface area contributed by atoms with Crippen LogP contribution in [0.2, 0.25) is 0 Å². The lowest BCUT2D eigenvalue weighted by Crippen LogP contribution is -2.17. The highest BCUT2D eigenvalue weighted by Gasteiger charge is 2.17. The van der Waals surface area contributed by atoms with Gasteiger partial charge in [-0.2, -0.15) is 0 Å². The predicted molar refractivity (Wildman–Crippen MR) is 71.5 cm³/mol. The zero-order chi connectivity index (χ0) is 11.5. The zero-order valence-corrected chi connectivity index (χ0v) is 11.9. The van der Waals surface area contributed by atoms with Crippen LogP contribution >= 0.6 is 31.9 Å². The van der Waals surface area contributed by atoms with Crippen LogP contribution in [-0.2, 0) is 0 Å². The van der Waals surface area contributed by atoms with Crippen molar-refractivity contribution in [3.8, 4) is 0 Å². The second-order valence-corrected chi connectivity index (χ2v) is 5.17. The molecule has 0 saturated heterocycles. The molecule has 1 aromatic heterocycles. The third kappa shape index (κ3) is 2.39. The molecule has 1 atom stereocenters. The van der Waals surface area contributed by atoms with E-state index < -0.39 is 0 Å². The molecule has 1 N–H and O–H groups in total. The van der Waals surface area contributed by atoms with E-state index in [4.69, 9.17) is 4.42 Å². The van der Waals surface area contributed by atoms with Gasteiger partial charge in [0.2, 0.25) is 0 Å². The minimum Gasteiger partial charge on any atom is -0.467 e. The van der Waals surface area contributed by atoms with E-state index in [1.165, 1.54) is 0 Å². The first-order valence-electron chi connectivity index (χ1n) is 4.88. The predicted octanol–water partition coefficient (Wildman–Crippen LogP) is 4.11. The molecule has 1 aromatic carbocycles. The summed E-state index contributed by atoms with van der Waals surface area (Å²) in [5.74, 6) is 0.904. The molecule has 16 heavy (non-hydrogen) atoms. The van der Waals surface area contributed by atoms with Crippen LogP contribution in [-0.4, -0.2) is 7.05 Å². The standard InChI is InChI=1S/C12H11Br2NO/c1-15-12(11-3-2-6-16-11)9-7-8(13)4-5-10(9)14/h2-7,12,15H,1H3. The molecule has 84 valence electrons. The van der Waals surface area contributed by atoms with Crippen LogP contribution in [0.15, 0.2) is 50.0 Å². The molecule has 2 aromatic rings. The normalized spacial score (nSPS) is 12.7. The van der Waals surface area contributed by atoms with Crippen molar-refractivity contribution in [1.82, 2.24) is 5.32 Å². The molecule has 0 bridgehead atoms. The van der Waals surface area contributed by atoms with Crippen LogP contribution in [0.1, 0.15) is 17.4 Å². The number of hydrogen-bond donors (Lipinski definition) is 1. The fourth-order valence-electron chi connectivity index (χ4n) is 1.64. The lowest BCUT2D eigenvalue weighted by molar-refractivity contribution is 0.462. The maximum atomic E-state index is 5.44. The fourth-order valence-corrected chi connectivity index (χ4v) is 2.50. The first-order chi connectivity index (χ1) is 7.72. The summed E-state index contributed by atoms with van der Waals surface area (Å²) in [6.45, 7) is 0. The Kier molecular flexibility index (Phi) is 3.84. The number of benzene rings is 1. The van der Waals surface area contributed by atoms with Crippen LogP contribution in [0.25, 0.3) is 0 Å². The Bertz CT molecular complexity index is 468. The monoisotopic (exact) mass is 343 g/mol. The highest BCUT2D eigenvalue weighted by Crippen LogP contribution is 2.30. The van der Waals surface area contributed by atoms with Gasteiger partial charge in [0.05, 0.1) is 12.3 Å². The lowest BCUT2D eigenvalue weighted by atomic mass is 10.1. The summed E-state index contributed by atoms with van der Waals surface area (Å²) in [5, 5.41) is 3.24. The van der Waals surface area contributed by atoms with Gasteiger partial charge in [0.15, 0.2) is 0 Å². The third-order valence-corrected chi connectivity index (χ3v) is 3.60. The molecule has 0 radical (unpaired) electrons. The molecular weight excluding hydrogens is 334 g/mol. The second kappa shape index (κ2) is 5.17. The van der Waals surface area contributed by atoms with Crippen molar-refractivity contribution < 1.29 is 4.42 Å². The smallest absolute Gasteiger partial charge is 0.125 e. The molecule has 1 heterocycles. The largest absolute Gasteiger partial charge is 0.467 e. The van der Waals surface area contributed by atoms with Gasteiger partial charge in [0, 0.05) is 8.95 Å². The molecule has 0 saturated carbocycles. The van der Waals surface area contributed by atoms with E-state index in [1.807, 2.05) is 31.3 Å². The Hall–Kier alpha value is -0.580. The highest BCUT2D eigenvalue weighted by molar-refractivity contribution is 9.11. The van der Waals surface area contributed by atoms with E-state index in [2.05, 4.69) is 43.2 Å². The maximum absolute atomic E-state index is 5.44. The molecule has 0 aliphatic rings. The number of halogens is 2. The van der Waals surface area contributed by atoms with Gasteiger partial charge in [-0.1, -0.05) is 31.9 Å². The summed E-state index contributed by atoms with van der Waals surface area (Å²) in [6.07, 6.45) is 1.69. The van der Waals surface area contributed by atoms with Crippen molar-refractivity contribution in [2.75, 3.05) is 7.05 Å². The molecular formula is C12H11Br2NO. The van der Waals surface area contributed by atoms with Crippen LogP contribution in [0, 0.1) is 0 Å². The first-order valence-corrected chi connectivity index (χ1v) is 6.46. The summed E-state index contributed by atoms with van der Waals surface area (Å²) in [7, 11) is 1.92. The summed E-state index contributed by atoms with van der Waals surface area (Å²) >= 11 is 7.03. The summed E-state index contributed by atoms with van der Waals surface area (Å²) in [6, 6.07) is 10.0. The molecule has 1 unspecified atom stereocenters. The molecule has 0 fully saturated rings. The molecule has 2 nitrogen and oxygen atoms in total. The van der Waals surface area contributed by atoms with Gasteiger partial charge in [-0.15, -0.1) is 0 Å². The van der Waals surface area contributed by atoms with Crippen molar-refractivity contribution in [2.24, 2.45) is 0 Å². The van der Waals surface area contributed by atoms with E-state index in [9.17, 15) is 0 Å². The zero-order valence-electron chi connectivity index (χ0n) is 8.71.